The maximum absolute atomic E-state index is 11.8. The van der Waals surface area contributed by atoms with E-state index in [1.807, 2.05) is 24.3 Å². The predicted molar refractivity (Wildman–Crippen MR) is 78.5 cm³/mol. The van der Waals surface area contributed by atoms with Gasteiger partial charge in [0.1, 0.15) is 5.75 Å². The molecule has 0 radical (unpaired) electrons. The highest BCUT2D eigenvalue weighted by Gasteiger charge is 2.18. The summed E-state index contributed by atoms with van der Waals surface area (Å²) in [6.07, 6.45) is 2.17. The minimum Gasteiger partial charge on any atom is -0.484 e. The van der Waals surface area contributed by atoms with Gasteiger partial charge in [-0.2, -0.15) is 0 Å². The first kappa shape index (κ1) is 14.8. The number of likely N-dealkylation sites (N-methyl/N-ethyl adjacent to an activating group) is 1. The number of piperidine rings is 1. The summed E-state index contributed by atoms with van der Waals surface area (Å²) in [6.45, 7) is 2.59. The lowest BCUT2D eigenvalue weighted by molar-refractivity contribution is -0.124. The Labute approximate surface area is 120 Å². The van der Waals surface area contributed by atoms with Crippen molar-refractivity contribution in [3.05, 3.63) is 29.8 Å². The molecule has 0 spiro atoms. The number of carbonyl (C=O) groups excluding carboxylic acids is 1. The molecule has 0 bridgehead atoms. The largest absolute Gasteiger partial charge is 0.484 e. The lowest BCUT2D eigenvalue weighted by Crippen LogP contribution is -2.47. The molecule has 1 unspecified atom stereocenters. The molecule has 1 atom stereocenters. The number of ether oxygens (including phenoxy) is 1. The summed E-state index contributed by atoms with van der Waals surface area (Å²) in [6, 6.07) is 7.73. The third kappa shape index (κ3) is 4.51. The van der Waals surface area contributed by atoms with Crippen LogP contribution in [-0.4, -0.2) is 43.6 Å². The van der Waals surface area contributed by atoms with E-state index in [2.05, 4.69) is 17.3 Å². The number of amides is 1. The molecule has 0 saturated carbocycles. The highest BCUT2D eigenvalue weighted by atomic mass is 16.5. The normalized spacial score (nSPS) is 19.6. The molecular formula is C15H23N3O2. The molecule has 1 aliphatic heterocycles. The first-order valence-corrected chi connectivity index (χ1v) is 7.07. The molecule has 110 valence electrons. The molecule has 2 rings (SSSR count). The first-order chi connectivity index (χ1) is 9.67. The summed E-state index contributed by atoms with van der Waals surface area (Å²) in [7, 11) is 2.08. The van der Waals surface area contributed by atoms with Crippen molar-refractivity contribution >= 4 is 5.91 Å². The van der Waals surface area contributed by atoms with Gasteiger partial charge in [-0.3, -0.25) is 4.79 Å². The van der Waals surface area contributed by atoms with Crippen LogP contribution in [0.5, 0.6) is 5.75 Å². The number of benzene rings is 1. The quantitative estimate of drug-likeness (QED) is 0.833. The van der Waals surface area contributed by atoms with Gasteiger partial charge in [-0.15, -0.1) is 0 Å². The van der Waals surface area contributed by atoms with Gasteiger partial charge < -0.3 is 20.7 Å². The van der Waals surface area contributed by atoms with Gasteiger partial charge >= 0.3 is 0 Å². The molecule has 5 heteroatoms. The number of likely N-dealkylation sites (tertiary alicyclic amines) is 1. The number of hydrogen-bond donors (Lipinski definition) is 2. The summed E-state index contributed by atoms with van der Waals surface area (Å²) in [5.41, 5.74) is 6.58. The van der Waals surface area contributed by atoms with Crippen molar-refractivity contribution in [3.8, 4) is 5.75 Å². The molecule has 0 aromatic heterocycles. The number of hydrogen-bond acceptors (Lipinski definition) is 4. The van der Waals surface area contributed by atoms with Crippen molar-refractivity contribution in [2.45, 2.75) is 25.4 Å². The minimum absolute atomic E-state index is 0.0577. The molecule has 5 nitrogen and oxygen atoms in total. The molecule has 1 fully saturated rings. The smallest absolute Gasteiger partial charge is 0.258 e. The van der Waals surface area contributed by atoms with Crippen LogP contribution in [-0.2, 0) is 11.3 Å². The molecule has 1 saturated heterocycles. The summed E-state index contributed by atoms with van der Waals surface area (Å²) in [5, 5.41) is 3.02. The van der Waals surface area contributed by atoms with Crippen LogP contribution in [0, 0.1) is 0 Å². The molecular weight excluding hydrogens is 254 g/mol. The van der Waals surface area contributed by atoms with E-state index in [4.69, 9.17) is 10.5 Å². The van der Waals surface area contributed by atoms with Crippen molar-refractivity contribution in [3.63, 3.8) is 0 Å². The van der Waals surface area contributed by atoms with E-state index in [-0.39, 0.29) is 18.6 Å². The lowest BCUT2D eigenvalue weighted by atomic mass is 10.1. The van der Waals surface area contributed by atoms with Gasteiger partial charge in [0.05, 0.1) is 0 Å². The van der Waals surface area contributed by atoms with E-state index >= 15 is 0 Å². The Bertz CT molecular complexity index is 433. The molecule has 3 N–H and O–H groups in total. The van der Waals surface area contributed by atoms with E-state index < -0.39 is 0 Å². The third-order valence-corrected chi connectivity index (χ3v) is 3.52. The van der Waals surface area contributed by atoms with Gasteiger partial charge in [-0.05, 0) is 44.1 Å². The summed E-state index contributed by atoms with van der Waals surface area (Å²) >= 11 is 0. The van der Waals surface area contributed by atoms with Crippen molar-refractivity contribution in [1.29, 1.82) is 0 Å². The molecule has 1 amide bonds. The fraction of sp³-hybridized carbons (Fsp3) is 0.533. The zero-order valence-electron chi connectivity index (χ0n) is 12.0. The second-order valence-corrected chi connectivity index (χ2v) is 5.31. The SMILES string of the molecule is CN1CCCC(NC(=O)COc2ccc(CN)cc2)C1. The highest BCUT2D eigenvalue weighted by molar-refractivity contribution is 5.77. The van der Waals surface area contributed by atoms with Crippen LogP contribution in [0.25, 0.3) is 0 Å². The Morgan fingerprint density at radius 3 is 2.85 bits per heavy atom. The number of nitrogens with one attached hydrogen (secondary N) is 1. The van der Waals surface area contributed by atoms with Gasteiger partial charge in [0, 0.05) is 19.1 Å². The second-order valence-electron chi connectivity index (χ2n) is 5.31. The average molecular weight is 277 g/mol. The van der Waals surface area contributed by atoms with Gasteiger partial charge in [0.2, 0.25) is 0 Å². The van der Waals surface area contributed by atoms with E-state index in [0.29, 0.717) is 12.3 Å². The van der Waals surface area contributed by atoms with Crippen molar-refractivity contribution in [2.24, 2.45) is 5.73 Å². The van der Waals surface area contributed by atoms with Crippen LogP contribution in [0.1, 0.15) is 18.4 Å². The predicted octanol–water partition coefficient (Wildman–Crippen LogP) is 0.735. The van der Waals surface area contributed by atoms with Crippen LogP contribution in [0.15, 0.2) is 24.3 Å². The number of rotatable bonds is 5. The minimum atomic E-state index is -0.0619. The maximum Gasteiger partial charge on any atom is 0.258 e. The van der Waals surface area contributed by atoms with Crippen LogP contribution in [0.3, 0.4) is 0 Å². The Balaban J connectivity index is 1.73. The van der Waals surface area contributed by atoms with E-state index in [0.717, 1.165) is 31.5 Å². The maximum atomic E-state index is 11.8. The Morgan fingerprint density at radius 2 is 2.20 bits per heavy atom. The molecule has 20 heavy (non-hydrogen) atoms. The topological polar surface area (TPSA) is 67.6 Å². The molecule has 1 aromatic carbocycles. The summed E-state index contributed by atoms with van der Waals surface area (Å²) in [4.78, 5) is 14.1. The third-order valence-electron chi connectivity index (χ3n) is 3.52. The van der Waals surface area contributed by atoms with Crippen molar-refractivity contribution < 1.29 is 9.53 Å². The van der Waals surface area contributed by atoms with Crippen LogP contribution >= 0.6 is 0 Å². The van der Waals surface area contributed by atoms with Gasteiger partial charge in [0.15, 0.2) is 6.61 Å². The monoisotopic (exact) mass is 277 g/mol. The summed E-state index contributed by atoms with van der Waals surface area (Å²) in [5.74, 6) is 0.631. The number of nitrogens with two attached hydrogens (primary N) is 1. The zero-order valence-corrected chi connectivity index (χ0v) is 12.0. The second kappa shape index (κ2) is 7.26. The Hall–Kier alpha value is -1.59. The van der Waals surface area contributed by atoms with Crippen molar-refractivity contribution in [1.82, 2.24) is 10.2 Å². The molecule has 1 aromatic rings. The molecule has 1 heterocycles. The highest BCUT2D eigenvalue weighted by Crippen LogP contribution is 2.12. The fourth-order valence-electron chi connectivity index (χ4n) is 2.42. The molecule has 1 aliphatic rings. The number of nitrogens with zero attached hydrogens (tertiary/aromatic N) is 1. The molecule has 0 aliphatic carbocycles. The average Bonchev–Trinajstić information content (AvgIpc) is 2.46. The van der Waals surface area contributed by atoms with Crippen LogP contribution < -0.4 is 15.8 Å². The first-order valence-electron chi connectivity index (χ1n) is 7.07. The lowest BCUT2D eigenvalue weighted by Gasteiger charge is -2.30. The number of carbonyl (C=O) groups is 1. The van der Waals surface area contributed by atoms with E-state index in [1.54, 1.807) is 0 Å². The van der Waals surface area contributed by atoms with Gasteiger partial charge in [0.25, 0.3) is 5.91 Å². The van der Waals surface area contributed by atoms with Gasteiger partial charge in [-0.25, -0.2) is 0 Å². The van der Waals surface area contributed by atoms with Gasteiger partial charge in [-0.1, -0.05) is 12.1 Å². The standard InChI is InChI=1S/C15H23N3O2/c1-18-8-2-3-13(10-18)17-15(19)11-20-14-6-4-12(9-16)5-7-14/h4-7,13H,2-3,8-11,16H2,1H3,(H,17,19). The van der Waals surface area contributed by atoms with E-state index in [1.165, 1.54) is 0 Å². The Kier molecular flexibility index (Phi) is 5.38. The van der Waals surface area contributed by atoms with E-state index in [9.17, 15) is 4.79 Å². The van der Waals surface area contributed by atoms with Crippen LogP contribution in [0.4, 0.5) is 0 Å². The van der Waals surface area contributed by atoms with Crippen LogP contribution in [0.2, 0.25) is 0 Å². The Morgan fingerprint density at radius 1 is 1.45 bits per heavy atom. The zero-order chi connectivity index (χ0) is 14.4. The summed E-state index contributed by atoms with van der Waals surface area (Å²) < 4.78 is 5.47. The van der Waals surface area contributed by atoms with Crippen molar-refractivity contribution in [2.75, 3.05) is 26.7 Å². The fourth-order valence-corrected chi connectivity index (χ4v) is 2.42.